The summed E-state index contributed by atoms with van der Waals surface area (Å²) < 4.78 is 6.62. The third-order valence-electron chi connectivity index (χ3n) is 5.09. The second-order valence-corrected chi connectivity index (χ2v) is 7.66. The molecule has 8 nitrogen and oxygen atoms in total. The maximum atomic E-state index is 12.7. The first-order chi connectivity index (χ1) is 14.4. The maximum Gasteiger partial charge on any atom is 0.309 e. The monoisotopic (exact) mass is 432 g/mol. The molecule has 0 spiro atoms. The van der Waals surface area contributed by atoms with Crippen LogP contribution in [0.4, 0.5) is 0 Å². The van der Waals surface area contributed by atoms with Crippen molar-refractivity contribution < 1.29 is 19.1 Å². The molecular formula is C21H25ClN4O4. The van der Waals surface area contributed by atoms with Crippen molar-refractivity contribution in [3.63, 3.8) is 0 Å². The van der Waals surface area contributed by atoms with Crippen molar-refractivity contribution in [2.24, 2.45) is 5.92 Å². The average Bonchev–Trinajstić information content (AvgIpc) is 3.23. The van der Waals surface area contributed by atoms with Crippen LogP contribution in [0.15, 0.2) is 36.7 Å². The third-order valence-corrected chi connectivity index (χ3v) is 5.32. The van der Waals surface area contributed by atoms with Crippen LogP contribution in [-0.2, 0) is 14.3 Å². The zero-order valence-corrected chi connectivity index (χ0v) is 17.8. The third kappa shape index (κ3) is 5.18. The molecule has 2 amide bonds. The maximum absolute atomic E-state index is 12.7. The van der Waals surface area contributed by atoms with E-state index >= 15 is 0 Å². The zero-order valence-electron chi connectivity index (χ0n) is 17.1. The fourth-order valence-electron chi connectivity index (χ4n) is 3.41. The van der Waals surface area contributed by atoms with Gasteiger partial charge in [0.15, 0.2) is 0 Å². The van der Waals surface area contributed by atoms with Gasteiger partial charge in [0, 0.05) is 31.4 Å². The molecule has 0 saturated carbocycles. The van der Waals surface area contributed by atoms with Gasteiger partial charge in [0.05, 0.1) is 36.5 Å². The van der Waals surface area contributed by atoms with Crippen LogP contribution in [0.25, 0.3) is 5.69 Å². The molecule has 2 heterocycles. The van der Waals surface area contributed by atoms with E-state index in [-0.39, 0.29) is 30.2 Å². The van der Waals surface area contributed by atoms with Crippen LogP contribution in [0.3, 0.4) is 0 Å². The summed E-state index contributed by atoms with van der Waals surface area (Å²) >= 11 is 6.00. The van der Waals surface area contributed by atoms with Gasteiger partial charge in [-0.2, -0.15) is 5.10 Å². The molecule has 1 aromatic carbocycles. The van der Waals surface area contributed by atoms with E-state index in [1.54, 1.807) is 47.9 Å². The van der Waals surface area contributed by atoms with Crippen LogP contribution in [0, 0.1) is 5.92 Å². The Morgan fingerprint density at radius 2 is 2.00 bits per heavy atom. The van der Waals surface area contributed by atoms with E-state index in [4.69, 9.17) is 16.3 Å². The van der Waals surface area contributed by atoms with E-state index in [2.05, 4.69) is 5.10 Å². The SMILES string of the molecule is CCOC(=O)C1CCN(C(=O)CN(C)C(=O)c2cnn(-c3cccc(Cl)c3)c2)CC1. The topological polar surface area (TPSA) is 84.7 Å². The van der Waals surface area contributed by atoms with Crippen LogP contribution in [0.2, 0.25) is 5.02 Å². The molecule has 0 aliphatic carbocycles. The molecule has 30 heavy (non-hydrogen) atoms. The van der Waals surface area contributed by atoms with E-state index in [1.165, 1.54) is 11.1 Å². The largest absolute Gasteiger partial charge is 0.466 e. The number of piperidine rings is 1. The Balaban J connectivity index is 1.55. The van der Waals surface area contributed by atoms with E-state index in [1.807, 2.05) is 6.07 Å². The number of rotatable bonds is 6. The highest BCUT2D eigenvalue weighted by Crippen LogP contribution is 2.19. The Bertz CT molecular complexity index is 921. The summed E-state index contributed by atoms with van der Waals surface area (Å²) in [6.45, 7) is 3.07. The van der Waals surface area contributed by atoms with Gasteiger partial charge in [-0.15, -0.1) is 0 Å². The molecular weight excluding hydrogens is 408 g/mol. The number of hydrogen-bond acceptors (Lipinski definition) is 5. The number of nitrogens with zero attached hydrogens (tertiary/aromatic N) is 4. The number of aromatic nitrogens is 2. The quantitative estimate of drug-likeness (QED) is 0.654. The van der Waals surface area contributed by atoms with Crippen molar-refractivity contribution in [2.75, 3.05) is 33.3 Å². The summed E-state index contributed by atoms with van der Waals surface area (Å²) in [6.07, 6.45) is 4.23. The van der Waals surface area contributed by atoms with Crippen molar-refractivity contribution in [2.45, 2.75) is 19.8 Å². The number of carbonyl (C=O) groups excluding carboxylic acids is 3. The first-order valence-corrected chi connectivity index (χ1v) is 10.3. The molecule has 2 aromatic rings. The van der Waals surface area contributed by atoms with Gasteiger partial charge in [0.1, 0.15) is 0 Å². The van der Waals surface area contributed by atoms with Crippen molar-refractivity contribution in [3.05, 3.63) is 47.2 Å². The highest BCUT2D eigenvalue weighted by Gasteiger charge is 2.29. The fraction of sp³-hybridized carbons (Fsp3) is 0.429. The van der Waals surface area contributed by atoms with E-state index < -0.39 is 0 Å². The lowest BCUT2D eigenvalue weighted by molar-refractivity contribution is -0.151. The van der Waals surface area contributed by atoms with Gasteiger partial charge in [-0.25, -0.2) is 4.68 Å². The molecule has 1 fully saturated rings. The lowest BCUT2D eigenvalue weighted by Gasteiger charge is -2.32. The molecule has 1 aliphatic heterocycles. The first kappa shape index (κ1) is 21.8. The van der Waals surface area contributed by atoms with Gasteiger partial charge in [0.2, 0.25) is 5.91 Å². The molecule has 0 atom stereocenters. The highest BCUT2D eigenvalue weighted by molar-refractivity contribution is 6.30. The van der Waals surface area contributed by atoms with Gasteiger partial charge in [-0.3, -0.25) is 14.4 Å². The smallest absolute Gasteiger partial charge is 0.309 e. The Kier molecular flexibility index (Phi) is 7.10. The Labute approximate surface area is 180 Å². The van der Waals surface area contributed by atoms with Gasteiger partial charge >= 0.3 is 5.97 Å². The summed E-state index contributed by atoms with van der Waals surface area (Å²) in [4.78, 5) is 40.2. The van der Waals surface area contributed by atoms with Crippen molar-refractivity contribution in [1.29, 1.82) is 0 Å². The highest BCUT2D eigenvalue weighted by atomic mass is 35.5. The molecule has 0 bridgehead atoms. The number of likely N-dealkylation sites (N-methyl/N-ethyl adjacent to an activating group) is 1. The number of ether oxygens (including phenoxy) is 1. The minimum Gasteiger partial charge on any atom is -0.466 e. The number of halogens is 1. The number of likely N-dealkylation sites (tertiary alicyclic amines) is 1. The minimum absolute atomic E-state index is 0.0365. The molecule has 0 unspecified atom stereocenters. The summed E-state index contributed by atoms with van der Waals surface area (Å²) in [5, 5.41) is 4.79. The summed E-state index contributed by atoms with van der Waals surface area (Å²) in [6, 6.07) is 7.14. The summed E-state index contributed by atoms with van der Waals surface area (Å²) in [7, 11) is 1.59. The predicted molar refractivity (Wildman–Crippen MR) is 111 cm³/mol. The number of esters is 1. The molecule has 1 saturated heterocycles. The molecule has 3 rings (SSSR count). The fourth-order valence-corrected chi connectivity index (χ4v) is 3.60. The van der Waals surface area contributed by atoms with Gasteiger partial charge in [-0.1, -0.05) is 17.7 Å². The molecule has 9 heteroatoms. The van der Waals surface area contributed by atoms with Crippen molar-refractivity contribution >= 4 is 29.4 Å². The number of hydrogen-bond donors (Lipinski definition) is 0. The molecule has 1 aromatic heterocycles. The Morgan fingerprint density at radius 1 is 1.27 bits per heavy atom. The Morgan fingerprint density at radius 3 is 2.67 bits per heavy atom. The summed E-state index contributed by atoms with van der Waals surface area (Å²) in [5.74, 6) is -0.798. The molecule has 160 valence electrons. The van der Waals surface area contributed by atoms with E-state index in [9.17, 15) is 14.4 Å². The van der Waals surface area contributed by atoms with E-state index in [0.29, 0.717) is 43.1 Å². The minimum atomic E-state index is -0.293. The normalized spacial score (nSPS) is 14.4. The standard InChI is InChI=1S/C21H25ClN4O4/c1-3-30-21(29)15-7-9-25(10-8-15)19(27)14-24(2)20(28)16-12-23-26(13-16)18-6-4-5-17(22)11-18/h4-6,11-13,15H,3,7-10,14H2,1-2H3. The molecule has 0 N–H and O–H groups in total. The lowest BCUT2D eigenvalue weighted by Crippen LogP contribution is -2.45. The van der Waals surface area contributed by atoms with Crippen molar-refractivity contribution in [3.8, 4) is 5.69 Å². The zero-order chi connectivity index (χ0) is 21.7. The number of benzene rings is 1. The van der Waals surface area contributed by atoms with Crippen LogP contribution < -0.4 is 0 Å². The van der Waals surface area contributed by atoms with Crippen molar-refractivity contribution in [1.82, 2.24) is 19.6 Å². The lowest BCUT2D eigenvalue weighted by atomic mass is 9.97. The molecule has 1 aliphatic rings. The first-order valence-electron chi connectivity index (χ1n) is 9.89. The van der Waals surface area contributed by atoms with Crippen LogP contribution in [0.5, 0.6) is 0 Å². The number of amides is 2. The summed E-state index contributed by atoms with van der Waals surface area (Å²) in [5.41, 5.74) is 1.12. The predicted octanol–water partition coefficient (Wildman–Crippen LogP) is 2.40. The van der Waals surface area contributed by atoms with Gasteiger partial charge < -0.3 is 14.5 Å². The Hall–Kier alpha value is -2.87. The van der Waals surface area contributed by atoms with Gasteiger partial charge in [0.25, 0.3) is 5.91 Å². The van der Waals surface area contributed by atoms with Crippen LogP contribution in [-0.4, -0.2) is 70.7 Å². The number of carbonyl (C=O) groups is 3. The second kappa shape index (κ2) is 9.75. The second-order valence-electron chi connectivity index (χ2n) is 7.22. The van der Waals surface area contributed by atoms with E-state index in [0.717, 1.165) is 5.69 Å². The van der Waals surface area contributed by atoms with Crippen LogP contribution in [0.1, 0.15) is 30.1 Å². The molecule has 0 radical (unpaired) electrons. The van der Waals surface area contributed by atoms with Crippen LogP contribution >= 0.6 is 11.6 Å². The average molecular weight is 433 g/mol. The van der Waals surface area contributed by atoms with Gasteiger partial charge in [-0.05, 0) is 38.0 Å².